The topological polar surface area (TPSA) is 102 Å². The molecule has 0 aliphatic carbocycles. The molecule has 11 aromatic carbocycles. The van der Waals surface area contributed by atoms with Crippen LogP contribution in [0.3, 0.4) is 0 Å². The van der Waals surface area contributed by atoms with E-state index in [1.807, 2.05) is 0 Å². The lowest BCUT2D eigenvalue weighted by molar-refractivity contribution is -0.0315. The van der Waals surface area contributed by atoms with Crippen LogP contribution in [-0.4, -0.2) is 110 Å². The Balaban J connectivity index is 1.04. The molecule has 0 saturated carbocycles. The zero-order valence-corrected chi connectivity index (χ0v) is 71.9. The fourth-order valence-electron chi connectivity index (χ4n) is 15.7. The fourth-order valence-corrected chi connectivity index (χ4v) is 15.9. The van der Waals surface area contributed by atoms with Crippen molar-refractivity contribution in [2.24, 2.45) is 0 Å². The van der Waals surface area contributed by atoms with Crippen molar-refractivity contribution in [1.29, 1.82) is 0 Å². The highest BCUT2D eigenvalue weighted by Crippen LogP contribution is 2.45. The van der Waals surface area contributed by atoms with Crippen LogP contribution in [0.5, 0.6) is 5.75 Å². The Kier molecular flexibility index (Phi) is 38.3. The summed E-state index contributed by atoms with van der Waals surface area (Å²) < 4.78 is 62.6. The molecule has 0 amide bonds. The largest absolute Gasteiger partial charge is 0.497 e. The monoisotopic (exact) mass is 1660 g/mol. The van der Waals surface area contributed by atoms with E-state index < -0.39 is 0 Å². The molecule has 12 heteroatoms. The number of ether oxygens (including phenoxy) is 11. The molecule has 11 rings (SSSR count). The van der Waals surface area contributed by atoms with E-state index in [0.29, 0.717) is 33.0 Å². The van der Waals surface area contributed by atoms with Gasteiger partial charge in [0.1, 0.15) is 39.7 Å². The van der Waals surface area contributed by atoms with Gasteiger partial charge in [0.15, 0.2) is 0 Å². The first-order valence-corrected chi connectivity index (χ1v) is 42.7. The number of halogens is 1. The molecule has 618 valence electrons. The Morgan fingerprint density at radius 3 is 0.546 bits per heavy atom. The summed E-state index contributed by atoms with van der Waals surface area (Å²) in [6.45, 7) is 4.36. The molecule has 0 fully saturated rings. The molecule has 0 saturated heterocycles. The summed E-state index contributed by atoms with van der Waals surface area (Å²) in [5.74, 6) is 0.821. The molecule has 0 aromatic heterocycles. The smallest absolute Gasteiger partial charge is 0.146 e. The summed E-state index contributed by atoms with van der Waals surface area (Å²) in [5, 5.41) is 0. The number of rotatable bonds is 51. The van der Waals surface area contributed by atoms with Crippen LogP contribution in [-0.2, 0) is 47.4 Å². The van der Waals surface area contributed by atoms with Gasteiger partial charge in [-0.3, -0.25) is 0 Å². The van der Waals surface area contributed by atoms with Gasteiger partial charge in [-0.15, -0.1) is 0 Å². The second-order valence-corrected chi connectivity index (χ2v) is 30.4. The minimum absolute atomic E-state index is 0.254. The molecule has 0 radical (unpaired) electrons. The predicted octanol–water partition coefficient (Wildman–Crippen LogP) is 26.2. The average Bonchev–Trinajstić information content (AvgIpc) is 0.781. The summed E-state index contributed by atoms with van der Waals surface area (Å²) in [4.78, 5) is 0. The third-order valence-electron chi connectivity index (χ3n) is 21.3. The first-order valence-electron chi connectivity index (χ1n) is 41.9. The van der Waals surface area contributed by atoms with Crippen LogP contribution in [0.1, 0.15) is 180 Å². The number of benzene rings is 11. The van der Waals surface area contributed by atoms with E-state index in [-0.39, 0.29) is 34.0 Å². The molecule has 11 nitrogen and oxygen atoms in total. The second-order valence-electron chi connectivity index (χ2n) is 29.5. The van der Waals surface area contributed by atoms with Crippen LogP contribution in [0.25, 0.3) is 55.7 Å². The quantitative estimate of drug-likeness (QED) is 0.0207. The van der Waals surface area contributed by atoms with Gasteiger partial charge in [0, 0.05) is 73.1 Å². The normalized spacial score (nSPS) is 12.7. The lowest BCUT2D eigenvalue weighted by Gasteiger charge is -2.22. The predicted molar refractivity (Wildman–Crippen MR) is 493 cm³/mol. The molecule has 119 heavy (non-hydrogen) atoms. The summed E-state index contributed by atoms with van der Waals surface area (Å²) >= 11 is 3.73. The van der Waals surface area contributed by atoms with Crippen LogP contribution in [0, 0.1) is 0 Å². The Morgan fingerprint density at radius 1 is 0.193 bits per heavy atom. The van der Waals surface area contributed by atoms with Crippen LogP contribution in [0.15, 0.2) is 302 Å². The average molecular weight is 1660 g/mol. The number of allylic oxidation sites excluding steroid dienone is 5. The molecule has 0 heterocycles. The minimum Gasteiger partial charge on any atom is -0.497 e. The zero-order valence-electron chi connectivity index (χ0n) is 70.3. The van der Waals surface area contributed by atoms with E-state index in [9.17, 15) is 0 Å². The first-order chi connectivity index (χ1) is 58.8. The van der Waals surface area contributed by atoms with Gasteiger partial charge < -0.3 is 52.1 Å². The van der Waals surface area contributed by atoms with E-state index in [1.54, 1.807) is 42.7 Å². The summed E-state index contributed by atoms with van der Waals surface area (Å²) in [5.41, 5.74) is 29.7. The van der Waals surface area contributed by atoms with Gasteiger partial charge in [-0.2, -0.15) is 0 Å². The van der Waals surface area contributed by atoms with E-state index in [0.717, 1.165) is 173 Å². The molecule has 0 aliphatic rings. The van der Waals surface area contributed by atoms with Crippen molar-refractivity contribution in [3.8, 4) is 5.75 Å². The maximum atomic E-state index is 5.96. The summed E-state index contributed by atoms with van der Waals surface area (Å²) in [6.07, 6.45) is 13.1. The molecule has 11 aromatic rings. The second kappa shape index (κ2) is 50.8. The SMILES string of the molecule is COCOCCCC/C(=C(\c1ccccc1)c1ccc(Br)cc1)c1ccc(/C(=C(/CCCCOCOC)c2ccc(/C(=C(/CCCCOCOC)c3ccc(/C(=C(/CCCCOCOC)c4ccc(/C(=C(/CCCCOCOC)c5ccc(OC)cc5)c5ccccc5)cc4)c4ccccc4)cc3)c3ccccc3)cc2)c2ccccc2)cc1. The highest BCUT2D eigenvalue weighted by atomic mass is 79.9. The van der Waals surface area contributed by atoms with Gasteiger partial charge in [0.2, 0.25) is 0 Å². The van der Waals surface area contributed by atoms with E-state index in [1.165, 1.54) is 72.4 Å². The Bertz CT molecular complexity index is 4910. The number of methoxy groups -OCH3 is 6. The molecule has 0 aliphatic heterocycles. The summed E-state index contributed by atoms with van der Waals surface area (Å²) in [7, 11) is 10.1. The highest BCUT2D eigenvalue weighted by Gasteiger charge is 2.24. The van der Waals surface area contributed by atoms with Crippen molar-refractivity contribution in [1.82, 2.24) is 0 Å². The number of unbranched alkanes of at least 4 members (excludes halogenated alkanes) is 5. The third kappa shape index (κ3) is 27.0. The van der Waals surface area contributed by atoms with E-state index in [4.69, 9.17) is 52.1 Å². The van der Waals surface area contributed by atoms with Crippen molar-refractivity contribution in [2.45, 2.75) is 96.3 Å². The van der Waals surface area contributed by atoms with Gasteiger partial charge in [-0.05, 0) is 260 Å². The highest BCUT2D eigenvalue weighted by molar-refractivity contribution is 9.10. The summed E-state index contributed by atoms with van der Waals surface area (Å²) in [6, 6.07) is 109. The first kappa shape index (κ1) is 89.8. The van der Waals surface area contributed by atoms with Crippen LogP contribution < -0.4 is 4.74 Å². The molecule has 0 unspecified atom stereocenters. The maximum absolute atomic E-state index is 5.96. The van der Waals surface area contributed by atoms with Crippen molar-refractivity contribution in [2.75, 3.05) is 110 Å². The van der Waals surface area contributed by atoms with Gasteiger partial charge >= 0.3 is 0 Å². The van der Waals surface area contributed by atoms with E-state index >= 15 is 0 Å². The zero-order chi connectivity index (χ0) is 82.7. The van der Waals surface area contributed by atoms with Gasteiger partial charge in [0.25, 0.3) is 0 Å². The number of hydrogen-bond donors (Lipinski definition) is 0. The Labute approximate surface area is 716 Å². The van der Waals surface area contributed by atoms with Crippen LogP contribution >= 0.6 is 15.9 Å². The molecule has 0 atom stereocenters. The van der Waals surface area contributed by atoms with Gasteiger partial charge in [0.05, 0.1) is 7.11 Å². The molecule has 0 bridgehead atoms. The maximum Gasteiger partial charge on any atom is 0.146 e. The van der Waals surface area contributed by atoms with Crippen LogP contribution in [0.2, 0.25) is 0 Å². The fraction of sp³-hybridized carbons (Fsp3) is 0.290. The third-order valence-corrected chi connectivity index (χ3v) is 21.8. The lowest BCUT2D eigenvalue weighted by Crippen LogP contribution is -2.02. The lowest BCUT2D eigenvalue weighted by atomic mass is 9.83. The van der Waals surface area contributed by atoms with E-state index in [2.05, 4.69) is 313 Å². The van der Waals surface area contributed by atoms with Crippen molar-refractivity contribution >= 4 is 71.7 Å². The molecule has 0 N–H and O–H groups in total. The molecular formula is C107H117BrO11. The Hall–Kier alpha value is -10.0. The van der Waals surface area contributed by atoms with Gasteiger partial charge in [-0.1, -0.05) is 289 Å². The minimum atomic E-state index is 0.254. The Morgan fingerprint density at radius 2 is 0.361 bits per heavy atom. The van der Waals surface area contributed by atoms with Gasteiger partial charge in [-0.25, -0.2) is 0 Å². The van der Waals surface area contributed by atoms with Crippen molar-refractivity contribution in [3.63, 3.8) is 0 Å². The molecule has 0 spiro atoms. The number of hydrogen-bond acceptors (Lipinski definition) is 11. The molecular weight excluding hydrogens is 1540 g/mol. The van der Waals surface area contributed by atoms with Crippen molar-refractivity contribution in [3.05, 3.63) is 385 Å². The standard InChI is InChI=1S/C107H117BrO11/c1-109-76-115-71-27-22-42-98(81-47-57-92(58-48-81)104(87-34-14-8-15-35-87)100(44-24-29-73-117-78-111-3)83-51-61-94(62-52-83)106(89-38-18-10-19-39-89)102(46-26-31-75-119-80-113-5)85-65-69-97(114-6)70-66-85)103(86-32-12-7-13-33-86)91-55-49-82(50-56-91)99(43-23-28-72-116-77-110-2)105(88-36-16-9-17-37-88)93-59-53-84(54-60-93)101(45-25-30-74-118-79-112-4)107(90-40-20-11-21-41-90)95-63-67-96(108)68-64-95/h7-21,32-41,47-70H,22-31,42-46,71-80H2,1-6H3/b103-98-,104-100-,105-99-,106-102-,107-101-. The van der Waals surface area contributed by atoms with Crippen molar-refractivity contribution < 1.29 is 52.1 Å². The van der Waals surface area contributed by atoms with Crippen LogP contribution in [0.4, 0.5) is 0 Å².